The zero-order valence-electron chi connectivity index (χ0n) is 16.0. The van der Waals surface area contributed by atoms with Gasteiger partial charge in [0.25, 0.3) is 0 Å². The standard InChI is InChI=1S/2C4H10O2.2C4H10O.O.Ti/c2*1-2-3-4-6-5;2*1-2-3-4-5;;/h2*5H,2-4H2,1H3;2*5H,2-4H2,1H3;;. The molecule has 0 fully saturated rings. The first-order chi connectivity index (χ1) is 11.7. The van der Waals surface area contributed by atoms with Gasteiger partial charge in [-0.3, -0.25) is 10.5 Å². The van der Waals surface area contributed by atoms with Crippen LogP contribution in [0.1, 0.15) is 79.1 Å². The molecule has 0 amide bonds. The summed E-state index contributed by atoms with van der Waals surface area (Å²) in [6.07, 6.45) is 8.10. The van der Waals surface area contributed by atoms with E-state index in [1.807, 2.05) is 13.8 Å². The van der Waals surface area contributed by atoms with Crippen LogP contribution >= 0.6 is 0 Å². The van der Waals surface area contributed by atoms with Gasteiger partial charge in [0.1, 0.15) is 0 Å². The van der Waals surface area contributed by atoms with Crippen molar-refractivity contribution in [1.82, 2.24) is 0 Å². The van der Waals surface area contributed by atoms with E-state index in [1.165, 1.54) is 0 Å². The average molecular weight is 392 g/mol. The topological polar surface area (TPSA) is 116 Å². The first-order valence-corrected chi connectivity index (χ1v) is 9.25. The van der Waals surface area contributed by atoms with Gasteiger partial charge < -0.3 is 10.2 Å². The Bertz CT molecular complexity index is 118. The quantitative estimate of drug-likeness (QED) is 0.192. The van der Waals surface area contributed by atoms with Crippen molar-refractivity contribution in [2.24, 2.45) is 0 Å². The molecule has 0 spiro atoms. The fourth-order valence-electron chi connectivity index (χ4n) is 0.734. The van der Waals surface area contributed by atoms with E-state index < -0.39 is 0 Å². The second-order valence-electron chi connectivity index (χ2n) is 4.53. The van der Waals surface area contributed by atoms with Gasteiger partial charge in [0, 0.05) is 13.2 Å². The molecule has 0 aromatic rings. The van der Waals surface area contributed by atoms with Crippen molar-refractivity contribution in [3.05, 3.63) is 0 Å². The summed E-state index contributed by atoms with van der Waals surface area (Å²) >= 11 is 0.750. The Morgan fingerprint density at radius 3 is 0.917 bits per heavy atom. The molecule has 0 aliphatic heterocycles. The Balaban J connectivity index is -0.0000000647. The van der Waals surface area contributed by atoms with Gasteiger partial charge in [-0.25, -0.2) is 9.78 Å². The SMILES string of the molecule is CCCCO.CCCCO.CCCCOO.CCCCOO.[O]=[Ti]. The molecular formula is C16H40O7Ti. The monoisotopic (exact) mass is 392 g/mol. The van der Waals surface area contributed by atoms with Gasteiger partial charge in [-0.1, -0.05) is 53.4 Å². The van der Waals surface area contributed by atoms with E-state index in [0.717, 1.165) is 71.8 Å². The third-order valence-electron chi connectivity index (χ3n) is 2.20. The Hall–Kier alpha value is 0.274. The average Bonchev–Trinajstić information content (AvgIpc) is 2.63. The maximum atomic E-state index is 8.25. The maximum absolute atomic E-state index is 8.25. The molecular weight excluding hydrogens is 352 g/mol. The van der Waals surface area contributed by atoms with Crippen molar-refractivity contribution in [2.75, 3.05) is 26.4 Å². The van der Waals surface area contributed by atoms with Gasteiger partial charge in [0.2, 0.25) is 0 Å². The molecule has 0 heterocycles. The summed E-state index contributed by atoms with van der Waals surface area (Å²) in [5.74, 6) is 0. The van der Waals surface area contributed by atoms with E-state index in [4.69, 9.17) is 24.1 Å². The van der Waals surface area contributed by atoms with Crippen LogP contribution in [0.4, 0.5) is 0 Å². The fourth-order valence-corrected chi connectivity index (χ4v) is 0.734. The number of hydrogen-bond donors (Lipinski definition) is 4. The Morgan fingerprint density at radius 2 is 0.875 bits per heavy atom. The van der Waals surface area contributed by atoms with Crippen molar-refractivity contribution in [3.63, 3.8) is 0 Å². The van der Waals surface area contributed by atoms with Crippen molar-refractivity contribution in [3.8, 4) is 0 Å². The van der Waals surface area contributed by atoms with E-state index in [-0.39, 0.29) is 0 Å². The molecule has 150 valence electrons. The molecule has 0 aromatic heterocycles. The van der Waals surface area contributed by atoms with Crippen molar-refractivity contribution >= 4 is 0 Å². The third kappa shape index (κ3) is 95.5. The number of aliphatic hydroxyl groups is 2. The molecule has 24 heavy (non-hydrogen) atoms. The molecule has 0 radical (unpaired) electrons. The Kier molecular flexibility index (Phi) is 83.6. The van der Waals surface area contributed by atoms with E-state index in [9.17, 15) is 0 Å². The molecule has 7 nitrogen and oxygen atoms in total. The predicted molar refractivity (Wildman–Crippen MR) is 91.7 cm³/mol. The van der Waals surface area contributed by atoms with Crippen LogP contribution < -0.4 is 0 Å². The van der Waals surface area contributed by atoms with Crippen molar-refractivity contribution in [2.45, 2.75) is 79.1 Å². The normalized spacial score (nSPS) is 8.12. The molecule has 0 aliphatic carbocycles. The predicted octanol–water partition coefficient (Wildman–Crippen LogP) is 3.99. The van der Waals surface area contributed by atoms with Crippen molar-refractivity contribution in [1.29, 1.82) is 0 Å². The van der Waals surface area contributed by atoms with Gasteiger partial charge in [-0.2, -0.15) is 0 Å². The summed E-state index contributed by atoms with van der Waals surface area (Å²) in [6, 6.07) is 0. The fraction of sp³-hybridized carbons (Fsp3) is 1.00. The van der Waals surface area contributed by atoms with Crippen LogP contribution in [0.5, 0.6) is 0 Å². The molecule has 0 aromatic carbocycles. The molecule has 4 N–H and O–H groups in total. The molecule has 0 saturated heterocycles. The third-order valence-corrected chi connectivity index (χ3v) is 2.20. The van der Waals surface area contributed by atoms with Gasteiger partial charge in [-0.05, 0) is 25.7 Å². The summed E-state index contributed by atoms with van der Waals surface area (Å²) in [5, 5.41) is 31.5. The van der Waals surface area contributed by atoms with Gasteiger partial charge >= 0.3 is 23.7 Å². The first-order valence-electron chi connectivity index (χ1n) is 8.61. The molecule has 0 saturated carbocycles. The van der Waals surface area contributed by atoms with E-state index >= 15 is 0 Å². The van der Waals surface area contributed by atoms with E-state index in [0.29, 0.717) is 26.4 Å². The second-order valence-corrected chi connectivity index (χ2v) is 4.53. The number of unbranched alkanes of at least 4 members (excludes halogenated alkanes) is 4. The Morgan fingerprint density at radius 1 is 0.625 bits per heavy atom. The summed E-state index contributed by atoms with van der Waals surface area (Å²) < 4.78 is 8.25. The zero-order valence-corrected chi connectivity index (χ0v) is 17.6. The van der Waals surface area contributed by atoms with Gasteiger partial charge in [0.05, 0.1) is 13.2 Å². The van der Waals surface area contributed by atoms with Crippen LogP contribution in [-0.4, -0.2) is 47.2 Å². The number of hydrogen-bond acceptors (Lipinski definition) is 7. The second kappa shape index (κ2) is 56.7. The number of aliphatic hydroxyl groups excluding tert-OH is 2. The van der Waals surface area contributed by atoms with Crippen LogP contribution in [0, 0.1) is 0 Å². The summed E-state index contributed by atoms with van der Waals surface area (Å²) in [6.45, 7) is 9.81. The number of rotatable bonds is 10. The molecule has 0 atom stereocenters. The summed E-state index contributed by atoms with van der Waals surface area (Å²) in [7, 11) is 0. The van der Waals surface area contributed by atoms with Crippen LogP contribution in [0.25, 0.3) is 0 Å². The summed E-state index contributed by atoms with van der Waals surface area (Å²) in [5.41, 5.74) is 0. The minimum atomic E-state index is 0.344. The minimum absolute atomic E-state index is 0.344. The molecule has 0 aliphatic rings. The zero-order chi connectivity index (χ0) is 19.9. The first kappa shape index (κ1) is 35.4. The van der Waals surface area contributed by atoms with E-state index in [2.05, 4.69) is 23.6 Å². The van der Waals surface area contributed by atoms with Crippen LogP contribution in [0.3, 0.4) is 0 Å². The molecule has 0 unspecified atom stereocenters. The molecule has 8 heteroatoms. The van der Waals surface area contributed by atoms with Crippen LogP contribution in [0.2, 0.25) is 0 Å². The van der Waals surface area contributed by atoms with Crippen molar-refractivity contribution < 1.29 is 54.2 Å². The van der Waals surface area contributed by atoms with Crippen LogP contribution in [-0.2, 0) is 33.5 Å². The Labute approximate surface area is 160 Å². The van der Waals surface area contributed by atoms with Gasteiger partial charge in [0.15, 0.2) is 0 Å². The molecule has 0 rings (SSSR count). The van der Waals surface area contributed by atoms with Gasteiger partial charge in [-0.15, -0.1) is 0 Å². The van der Waals surface area contributed by atoms with Crippen LogP contribution in [0.15, 0.2) is 0 Å². The van der Waals surface area contributed by atoms with E-state index in [1.54, 1.807) is 0 Å². The molecule has 0 bridgehead atoms. The summed E-state index contributed by atoms with van der Waals surface area (Å²) in [4.78, 5) is 7.56.